The molecule has 1 unspecified atom stereocenters. The molecule has 0 spiro atoms. The van der Waals surface area contributed by atoms with Gasteiger partial charge in [-0.2, -0.15) is 0 Å². The van der Waals surface area contributed by atoms with Crippen LogP contribution in [0.1, 0.15) is 19.3 Å². The van der Waals surface area contributed by atoms with E-state index in [1.807, 2.05) is 0 Å². The number of rotatable bonds is 5. The fourth-order valence-electron chi connectivity index (χ4n) is 1.62. The first kappa shape index (κ1) is 10.7. The van der Waals surface area contributed by atoms with Crippen molar-refractivity contribution in [3.63, 3.8) is 0 Å². The van der Waals surface area contributed by atoms with Crippen LogP contribution in [0.5, 0.6) is 0 Å². The van der Waals surface area contributed by atoms with Gasteiger partial charge in [0.25, 0.3) is 0 Å². The molecule has 15 heavy (non-hydrogen) atoms. The van der Waals surface area contributed by atoms with Gasteiger partial charge in [-0.05, 0) is 19.3 Å². The molecule has 2 amide bonds. The van der Waals surface area contributed by atoms with E-state index >= 15 is 0 Å². The van der Waals surface area contributed by atoms with Gasteiger partial charge in [0, 0.05) is 25.7 Å². The molecule has 1 aliphatic carbocycles. The molecular formula is C10H19N3O2. The summed E-state index contributed by atoms with van der Waals surface area (Å²) in [5, 5.41) is 9.04. The van der Waals surface area contributed by atoms with E-state index in [1.54, 1.807) is 0 Å². The van der Waals surface area contributed by atoms with Gasteiger partial charge in [0.2, 0.25) is 0 Å². The normalized spacial score (nSPS) is 25.2. The smallest absolute Gasteiger partial charge is 0.315 e. The minimum absolute atomic E-state index is 0.0805. The summed E-state index contributed by atoms with van der Waals surface area (Å²) >= 11 is 0. The molecule has 5 heteroatoms. The quantitative estimate of drug-likeness (QED) is 0.555. The van der Waals surface area contributed by atoms with E-state index < -0.39 is 0 Å². The molecule has 2 fully saturated rings. The van der Waals surface area contributed by atoms with Gasteiger partial charge in [-0.1, -0.05) is 0 Å². The number of urea groups is 1. The van der Waals surface area contributed by atoms with Gasteiger partial charge in [-0.3, -0.25) is 0 Å². The largest absolute Gasteiger partial charge is 0.379 e. The topological polar surface area (TPSA) is 62.4 Å². The third kappa shape index (κ3) is 4.05. The van der Waals surface area contributed by atoms with Gasteiger partial charge < -0.3 is 20.7 Å². The Kier molecular flexibility index (Phi) is 3.80. The minimum Gasteiger partial charge on any atom is -0.379 e. The van der Waals surface area contributed by atoms with Crippen LogP contribution in [0.2, 0.25) is 0 Å². The maximum absolute atomic E-state index is 11.4. The zero-order valence-corrected chi connectivity index (χ0v) is 8.92. The lowest BCUT2D eigenvalue weighted by molar-refractivity contribution is 0.188. The molecule has 1 atom stereocenters. The number of carbonyl (C=O) groups is 1. The lowest BCUT2D eigenvalue weighted by atomic mass is 10.3. The molecular weight excluding hydrogens is 194 g/mol. The van der Waals surface area contributed by atoms with Crippen LogP contribution in [0.3, 0.4) is 0 Å². The number of carbonyl (C=O) groups excluding carboxylic acids is 1. The summed E-state index contributed by atoms with van der Waals surface area (Å²) in [6.45, 7) is 2.96. The van der Waals surface area contributed by atoms with Crippen molar-refractivity contribution in [2.24, 2.45) is 0 Å². The fraction of sp³-hybridized carbons (Fsp3) is 0.900. The molecule has 0 radical (unpaired) electrons. The molecule has 1 saturated carbocycles. The number of hydrogen-bond donors (Lipinski definition) is 3. The number of ether oxygens (including phenoxy) is 1. The van der Waals surface area contributed by atoms with Gasteiger partial charge in [0.1, 0.15) is 0 Å². The molecule has 86 valence electrons. The van der Waals surface area contributed by atoms with E-state index in [4.69, 9.17) is 4.74 Å². The second-order valence-corrected chi connectivity index (χ2v) is 4.19. The summed E-state index contributed by atoms with van der Waals surface area (Å²) in [4.78, 5) is 11.4. The van der Waals surface area contributed by atoms with Crippen molar-refractivity contribution >= 4 is 6.03 Å². The highest BCUT2D eigenvalue weighted by atomic mass is 16.5. The van der Waals surface area contributed by atoms with Crippen LogP contribution in [0, 0.1) is 0 Å². The Morgan fingerprint density at radius 1 is 1.20 bits per heavy atom. The summed E-state index contributed by atoms with van der Waals surface area (Å²) in [5.74, 6) is 0. The van der Waals surface area contributed by atoms with Crippen molar-refractivity contribution in [2.75, 3.05) is 26.3 Å². The first-order valence-electron chi connectivity index (χ1n) is 5.70. The van der Waals surface area contributed by atoms with E-state index in [1.165, 1.54) is 12.8 Å². The van der Waals surface area contributed by atoms with Gasteiger partial charge in [0.15, 0.2) is 0 Å². The molecule has 0 aromatic rings. The molecule has 1 aliphatic heterocycles. The SMILES string of the molecule is O=C(NCCNC1CC1)NC1CCOC1. The molecule has 0 bridgehead atoms. The molecule has 5 nitrogen and oxygen atoms in total. The predicted molar refractivity (Wildman–Crippen MR) is 56.8 cm³/mol. The Bertz CT molecular complexity index is 213. The minimum atomic E-state index is -0.0805. The summed E-state index contributed by atoms with van der Waals surface area (Å²) in [5.41, 5.74) is 0. The Balaban J connectivity index is 1.47. The fourth-order valence-corrected chi connectivity index (χ4v) is 1.62. The van der Waals surface area contributed by atoms with Crippen LogP contribution in [0.25, 0.3) is 0 Å². The molecule has 2 rings (SSSR count). The average molecular weight is 213 g/mol. The van der Waals surface area contributed by atoms with E-state index in [2.05, 4.69) is 16.0 Å². The standard InChI is InChI=1S/C10H19N3O2/c14-10(13-9-3-6-15-7-9)12-5-4-11-8-1-2-8/h8-9,11H,1-7H2,(H2,12,13,14). The molecule has 0 aromatic carbocycles. The van der Waals surface area contributed by atoms with Gasteiger partial charge in [-0.15, -0.1) is 0 Å². The summed E-state index contributed by atoms with van der Waals surface area (Å²) in [7, 11) is 0. The maximum atomic E-state index is 11.4. The van der Waals surface area contributed by atoms with Gasteiger partial charge >= 0.3 is 6.03 Å². The van der Waals surface area contributed by atoms with Crippen molar-refractivity contribution in [3.8, 4) is 0 Å². The monoisotopic (exact) mass is 213 g/mol. The van der Waals surface area contributed by atoms with Crippen LogP contribution in [0.4, 0.5) is 4.79 Å². The lowest BCUT2D eigenvalue weighted by Crippen LogP contribution is -2.44. The van der Waals surface area contributed by atoms with Crippen LogP contribution < -0.4 is 16.0 Å². The zero-order chi connectivity index (χ0) is 10.5. The highest BCUT2D eigenvalue weighted by Crippen LogP contribution is 2.17. The third-order valence-corrected chi connectivity index (χ3v) is 2.69. The van der Waals surface area contributed by atoms with Gasteiger partial charge in [-0.25, -0.2) is 4.79 Å². The van der Waals surface area contributed by atoms with E-state index in [9.17, 15) is 4.79 Å². The Hall–Kier alpha value is -0.810. The van der Waals surface area contributed by atoms with Crippen molar-refractivity contribution in [1.82, 2.24) is 16.0 Å². The summed E-state index contributed by atoms with van der Waals surface area (Å²) < 4.78 is 5.17. The van der Waals surface area contributed by atoms with Crippen LogP contribution in [-0.2, 0) is 4.74 Å². The molecule has 1 saturated heterocycles. The van der Waals surface area contributed by atoms with Crippen LogP contribution in [-0.4, -0.2) is 44.4 Å². The number of hydrogen-bond acceptors (Lipinski definition) is 3. The van der Waals surface area contributed by atoms with Crippen LogP contribution >= 0.6 is 0 Å². The first-order chi connectivity index (χ1) is 7.34. The van der Waals surface area contributed by atoms with Gasteiger partial charge in [0.05, 0.1) is 12.6 Å². The summed E-state index contributed by atoms with van der Waals surface area (Å²) in [6, 6.07) is 0.822. The molecule has 0 aromatic heterocycles. The number of amides is 2. The van der Waals surface area contributed by atoms with E-state index in [0.717, 1.165) is 19.6 Å². The van der Waals surface area contributed by atoms with Crippen LogP contribution in [0.15, 0.2) is 0 Å². The Morgan fingerprint density at radius 2 is 2.07 bits per heavy atom. The number of nitrogens with one attached hydrogen (secondary N) is 3. The zero-order valence-electron chi connectivity index (χ0n) is 8.92. The molecule has 1 heterocycles. The van der Waals surface area contributed by atoms with Crippen molar-refractivity contribution in [3.05, 3.63) is 0 Å². The third-order valence-electron chi connectivity index (χ3n) is 2.69. The highest BCUT2D eigenvalue weighted by molar-refractivity contribution is 5.74. The Labute approximate surface area is 89.9 Å². The van der Waals surface area contributed by atoms with E-state index in [-0.39, 0.29) is 12.1 Å². The lowest BCUT2D eigenvalue weighted by Gasteiger charge is -2.11. The average Bonchev–Trinajstić information content (AvgIpc) is 2.91. The second kappa shape index (κ2) is 5.32. The molecule has 3 N–H and O–H groups in total. The molecule has 2 aliphatic rings. The second-order valence-electron chi connectivity index (χ2n) is 4.19. The van der Waals surface area contributed by atoms with E-state index in [0.29, 0.717) is 19.2 Å². The summed E-state index contributed by atoms with van der Waals surface area (Å²) in [6.07, 6.45) is 3.49. The first-order valence-corrected chi connectivity index (χ1v) is 5.70. The predicted octanol–water partition coefficient (Wildman–Crippen LogP) is -0.173. The van der Waals surface area contributed by atoms with Crippen molar-refractivity contribution in [1.29, 1.82) is 0 Å². The highest BCUT2D eigenvalue weighted by Gasteiger charge is 2.20. The van der Waals surface area contributed by atoms with Crippen molar-refractivity contribution in [2.45, 2.75) is 31.3 Å². The maximum Gasteiger partial charge on any atom is 0.315 e. The Morgan fingerprint density at radius 3 is 2.73 bits per heavy atom. The van der Waals surface area contributed by atoms with Crippen molar-refractivity contribution < 1.29 is 9.53 Å².